The molecule has 0 saturated heterocycles. The molecule has 1 aliphatic carbocycles. The van der Waals surface area contributed by atoms with E-state index in [4.69, 9.17) is 0 Å². The number of hydrogen-bond acceptors (Lipinski definition) is 3. The topological polar surface area (TPSA) is 72.8 Å². The first kappa shape index (κ1) is 17.2. The van der Waals surface area contributed by atoms with Crippen LogP contribution in [-0.4, -0.2) is 45.4 Å². The Morgan fingerprint density at radius 1 is 1.25 bits per heavy atom. The molecule has 24 heavy (non-hydrogen) atoms. The molecule has 1 fully saturated rings. The Morgan fingerprint density at radius 3 is 2.54 bits per heavy atom. The predicted octanol–water partition coefficient (Wildman–Crippen LogP) is 2.62. The summed E-state index contributed by atoms with van der Waals surface area (Å²) >= 11 is 0. The van der Waals surface area contributed by atoms with Crippen molar-refractivity contribution in [3.63, 3.8) is 0 Å². The summed E-state index contributed by atoms with van der Waals surface area (Å²) in [6, 6.07) is 8.43. The molecule has 1 saturated carbocycles. The van der Waals surface area contributed by atoms with E-state index in [2.05, 4.69) is 34.5 Å². The highest BCUT2D eigenvalue weighted by Gasteiger charge is 2.54. The number of carbonyl (C=O) groups is 1. The second-order valence-electron chi connectivity index (χ2n) is 8.29. The number of aliphatic hydroxyl groups is 1. The molecule has 0 bridgehead atoms. The maximum absolute atomic E-state index is 11.4. The highest BCUT2D eigenvalue weighted by molar-refractivity contribution is 5.66. The second-order valence-corrected chi connectivity index (χ2v) is 8.29. The zero-order valence-corrected chi connectivity index (χ0v) is 14.7. The number of carboxylic acid groups (broad SMARTS) is 1. The molecule has 1 heterocycles. The molecule has 3 unspecified atom stereocenters. The molecule has 1 aliphatic heterocycles. The molecule has 0 aromatic heterocycles. The fourth-order valence-electron chi connectivity index (χ4n) is 4.35. The number of aliphatic hydroxyl groups excluding tert-OH is 1. The summed E-state index contributed by atoms with van der Waals surface area (Å²) in [6.07, 6.45) is 0.564. The number of benzene rings is 1. The van der Waals surface area contributed by atoms with Gasteiger partial charge in [0.25, 0.3) is 0 Å². The number of nitrogens with one attached hydrogen (secondary N) is 1. The third kappa shape index (κ3) is 3.03. The first-order valence-electron chi connectivity index (χ1n) is 8.72. The Kier molecular flexibility index (Phi) is 4.34. The van der Waals surface area contributed by atoms with Crippen LogP contribution in [0.1, 0.15) is 44.7 Å². The van der Waals surface area contributed by atoms with Gasteiger partial charge in [-0.2, -0.15) is 0 Å². The van der Waals surface area contributed by atoms with Crippen LogP contribution in [0.4, 0.5) is 4.79 Å². The Labute approximate surface area is 143 Å². The van der Waals surface area contributed by atoms with Gasteiger partial charge < -0.3 is 15.5 Å². The molecule has 132 valence electrons. The molecule has 2 aliphatic rings. The minimum absolute atomic E-state index is 0.00979. The van der Waals surface area contributed by atoms with Gasteiger partial charge >= 0.3 is 6.09 Å². The lowest BCUT2D eigenvalue weighted by Gasteiger charge is -2.42. The van der Waals surface area contributed by atoms with E-state index in [1.165, 1.54) is 11.1 Å². The molecule has 1 amide bonds. The number of hydrogen-bond donors (Lipinski definition) is 3. The molecule has 3 atom stereocenters. The van der Waals surface area contributed by atoms with E-state index in [1.807, 2.05) is 20.8 Å². The lowest BCUT2D eigenvalue weighted by molar-refractivity contribution is 0.0623. The van der Waals surface area contributed by atoms with Crippen molar-refractivity contribution in [2.75, 3.05) is 6.54 Å². The average molecular weight is 332 g/mol. The monoisotopic (exact) mass is 332 g/mol. The van der Waals surface area contributed by atoms with E-state index in [9.17, 15) is 15.0 Å². The van der Waals surface area contributed by atoms with Gasteiger partial charge in [0.1, 0.15) is 0 Å². The second kappa shape index (κ2) is 6.05. The number of rotatable bonds is 2. The molecule has 3 rings (SSSR count). The van der Waals surface area contributed by atoms with Gasteiger partial charge in [0.2, 0.25) is 0 Å². The Hall–Kier alpha value is -1.59. The summed E-state index contributed by atoms with van der Waals surface area (Å²) in [5.41, 5.74) is 1.84. The van der Waals surface area contributed by atoms with Crippen molar-refractivity contribution in [1.82, 2.24) is 10.2 Å². The molecule has 5 nitrogen and oxygen atoms in total. The van der Waals surface area contributed by atoms with Gasteiger partial charge in [0.05, 0.1) is 11.6 Å². The maximum atomic E-state index is 11.4. The highest BCUT2D eigenvalue weighted by atomic mass is 16.4. The van der Waals surface area contributed by atoms with Gasteiger partial charge in [-0.05, 0) is 35.8 Å². The summed E-state index contributed by atoms with van der Waals surface area (Å²) in [5, 5.41) is 22.8. The smallest absolute Gasteiger partial charge is 0.405 e. The minimum atomic E-state index is -1.01. The van der Waals surface area contributed by atoms with Gasteiger partial charge in [0.15, 0.2) is 0 Å². The van der Waals surface area contributed by atoms with Crippen LogP contribution in [0.25, 0.3) is 0 Å². The standard InChI is InChI=1S/C19H28N2O3/c1-18(2,3)19(20-17(23)24)10-15(16(22)11-19)21-9-8-13-6-4-5-7-14(13)12-21/h4-7,15-16,20,22H,8-12H2,1-3H3,(H,23,24). The third-order valence-electron chi connectivity index (χ3n) is 5.97. The van der Waals surface area contributed by atoms with Crippen molar-refractivity contribution in [2.24, 2.45) is 5.41 Å². The van der Waals surface area contributed by atoms with E-state index >= 15 is 0 Å². The van der Waals surface area contributed by atoms with Crippen molar-refractivity contribution >= 4 is 6.09 Å². The van der Waals surface area contributed by atoms with Gasteiger partial charge in [-0.15, -0.1) is 0 Å². The van der Waals surface area contributed by atoms with Crippen LogP contribution in [-0.2, 0) is 13.0 Å². The maximum Gasteiger partial charge on any atom is 0.405 e. The Bertz CT molecular complexity index is 625. The van der Waals surface area contributed by atoms with Gasteiger partial charge in [-0.25, -0.2) is 4.79 Å². The lowest BCUT2D eigenvalue weighted by atomic mass is 9.72. The molecule has 3 N–H and O–H groups in total. The van der Waals surface area contributed by atoms with Crippen molar-refractivity contribution in [1.29, 1.82) is 0 Å². The van der Waals surface area contributed by atoms with Crippen LogP contribution >= 0.6 is 0 Å². The molecule has 5 heteroatoms. The van der Waals surface area contributed by atoms with Gasteiger partial charge in [-0.1, -0.05) is 45.0 Å². The largest absolute Gasteiger partial charge is 0.465 e. The normalized spacial score (nSPS) is 30.8. The Balaban J connectivity index is 1.82. The summed E-state index contributed by atoms with van der Waals surface area (Å²) in [5.74, 6) is 0. The molecule has 1 aromatic rings. The van der Waals surface area contributed by atoms with Crippen molar-refractivity contribution in [3.8, 4) is 0 Å². The van der Waals surface area contributed by atoms with Crippen LogP contribution in [0.15, 0.2) is 24.3 Å². The van der Waals surface area contributed by atoms with Crippen molar-refractivity contribution in [3.05, 3.63) is 35.4 Å². The fraction of sp³-hybridized carbons (Fsp3) is 0.632. The molecule has 1 aromatic carbocycles. The summed E-state index contributed by atoms with van der Waals surface area (Å²) in [6.45, 7) is 7.87. The van der Waals surface area contributed by atoms with Crippen molar-refractivity contribution < 1.29 is 15.0 Å². The molecular weight excluding hydrogens is 304 g/mol. The summed E-state index contributed by atoms with van der Waals surface area (Å²) in [4.78, 5) is 13.7. The quantitative estimate of drug-likeness (QED) is 0.778. The van der Waals surface area contributed by atoms with E-state index in [0.717, 1.165) is 19.5 Å². The zero-order chi connectivity index (χ0) is 17.5. The van der Waals surface area contributed by atoms with E-state index in [1.54, 1.807) is 0 Å². The first-order valence-corrected chi connectivity index (χ1v) is 8.72. The molecule has 0 spiro atoms. The van der Waals surface area contributed by atoms with Gasteiger partial charge in [0, 0.05) is 19.1 Å². The third-order valence-corrected chi connectivity index (χ3v) is 5.97. The van der Waals surface area contributed by atoms with Crippen LogP contribution in [0, 0.1) is 5.41 Å². The van der Waals surface area contributed by atoms with Gasteiger partial charge in [-0.3, -0.25) is 4.90 Å². The molecular formula is C19H28N2O3. The lowest BCUT2D eigenvalue weighted by Crippen LogP contribution is -2.56. The van der Waals surface area contributed by atoms with Crippen molar-refractivity contribution in [2.45, 2.75) is 64.3 Å². The highest BCUT2D eigenvalue weighted by Crippen LogP contribution is 2.45. The number of fused-ring (bicyclic) bond motifs is 1. The predicted molar refractivity (Wildman–Crippen MR) is 92.9 cm³/mol. The van der Waals surface area contributed by atoms with Crippen LogP contribution < -0.4 is 5.32 Å². The average Bonchev–Trinajstić information content (AvgIpc) is 2.83. The van der Waals surface area contributed by atoms with E-state index in [0.29, 0.717) is 12.8 Å². The minimum Gasteiger partial charge on any atom is -0.465 e. The van der Waals surface area contributed by atoms with E-state index < -0.39 is 17.7 Å². The van der Waals surface area contributed by atoms with Crippen LogP contribution in [0.3, 0.4) is 0 Å². The van der Waals surface area contributed by atoms with Crippen LogP contribution in [0.2, 0.25) is 0 Å². The Morgan fingerprint density at radius 2 is 1.92 bits per heavy atom. The van der Waals surface area contributed by atoms with Crippen LogP contribution in [0.5, 0.6) is 0 Å². The number of nitrogens with zero attached hydrogens (tertiary/aromatic N) is 1. The fourth-order valence-corrected chi connectivity index (χ4v) is 4.35. The summed E-state index contributed by atoms with van der Waals surface area (Å²) < 4.78 is 0. The summed E-state index contributed by atoms with van der Waals surface area (Å²) in [7, 11) is 0. The first-order chi connectivity index (χ1) is 11.2. The molecule has 0 radical (unpaired) electrons. The van der Waals surface area contributed by atoms with E-state index in [-0.39, 0.29) is 11.5 Å². The number of amides is 1. The zero-order valence-electron chi connectivity index (χ0n) is 14.7. The SMILES string of the molecule is CC(C)(C)C1(NC(=O)O)CC(O)C(N2CCc3ccccc3C2)C1.